The monoisotopic (exact) mass is 457 g/mol. The fraction of sp³-hybridized carbons (Fsp3) is 0.240. The fourth-order valence-electron chi connectivity index (χ4n) is 4.06. The predicted octanol–water partition coefficient (Wildman–Crippen LogP) is 2.49. The number of anilines is 1. The summed E-state index contributed by atoms with van der Waals surface area (Å²) in [6.07, 6.45) is 2.34. The summed E-state index contributed by atoms with van der Waals surface area (Å²) in [4.78, 5) is 40.6. The van der Waals surface area contributed by atoms with Gasteiger partial charge in [0.25, 0.3) is 5.56 Å². The van der Waals surface area contributed by atoms with Crippen molar-refractivity contribution in [2.75, 3.05) is 31.7 Å². The molecule has 34 heavy (non-hydrogen) atoms. The van der Waals surface area contributed by atoms with Crippen molar-refractivity contribution in [1.82, 2.24) is 19.5 Å². The maximum atomic E-state index is 13.3. The van der Waals surface area contributed by atoms with Crippen molar-refractivity contribution in [3.8, 4) is 17.1 Å². The fourth-order valence-corrected chi connectivity index (χ4v) is 4.06. The van der Waals surface area contributed by atoms with Gasteiger partial charge in [-0.1, -0.05) is 18.2 Å². The lowest BCUT2D eigenvalue weighted by atomic mass is 10.0. The molecule has 1 aliphatic rings. The van der Waals surface area contributed by atoms with Gasteiger partial charge < -0.3 is 14.4 Å². The largest absolute Gasteiger partial charge is 0.497 e. The molecule has 2 aromatic heterocycles. The van der Waals surface area contributed by atoms with Gasteiger partial charge in [-0.3, -0.25) is 14.2 Å². The second kappa shape index (κ2) is 9.03. The highest BCUT2D eigenvalue weighted by atomic mass is 16.5. The number of carbonyl (C=O) groups is 1. The average molecular weight is 457 g/mol. The number of ketones is 1. The van der Waals surface area contributed by atoms with Crippen molar-refractivity contribution < 1.29 is 14.3 Å². The summed E-state index contributed by atoms with van der Waals surface area (Å²) in [5.74, 6) is 1.12. The van der Waals surface area contributed by atoms with Crippen molar-refractivity contribution in [3.63, 3.8) is 0 Å². The number of benzene rings is 2. The molecular weight excluding hydrogens is 434 g/mol. The van der Waals surface area contributed by atoms with E-state index in [1.165, 1.54) is 17.0 Å². The predicted molar refractivity (Wildman–Crippen MR) is 127 cm³/mol. The molecule has 5 rings (SSSR count). The van der Waals surface area contributed by atoms with Gasteiger partial charge in [-0.2, -0.15) is 0 Å². The van der Waals surface area contributed by atoms with Crippen LogP contribution >= 0.6 is 0 Å². The van der Waals surface area contributed by atoms with Gasteiger partial charge in [-0.15, -0.1) is 0 Å². The minimum Gasteiger partial charge on any atom is -0.497 e. The van der Waals surface area contributed by atoms with Gasteiger partial charge in [0.15, 0.2) is 5.78 Å². The highest BCUT2D eigenvalue weighted by molar-refractivity contribution is 6.03. The third-order valence-electron chi connectivity index (χ3n) is 5.93. The van der Waals surface area contributed by atoms with Crippen LogP contribution in [-0.2, 0) is 11.8 Å². The van der Waals surface area contributed by atoms with Crippen LogP contribution in [0.5, 0.6) is 5.75 Å². The van der Waals surface area contributed by atoms with Crippen molar-refractivity contribution in [2.45, 2.75) is 6.10 Å². The van der Waals surface area contributed by atoms with Crippen LogP contribution in [0.25, 0.3) is 22.2 Å². The normalized spacial score (nSPS) is 15.9. The van der Waals surface area contributed by atoms with Crippen LogP contribution in [0.15, 0.2) is 65.8 Å². The summed E-state index contributed by atoms with van der Waals surface area (Å²) in [6, 6.07) is 14.4. The maximum Gasteiger partial charge on any atom is 0.255 e. The first kappa shape index (κ1) is 21.7. The standard InChI is InChI=1S/C25H23N5O4/c1-29-23(31)13-21(20-7-8-26-15-27-20)28-25(29)30-9-10-34-22(14-30)24(32)18-4-3-17-12-19(33-2)6-5-16(17)11-18/h3-8,11-13,15,22H,9-10,14H2,1-2H3. The number of aromatic nitrogens is 4. The molecule has 0 bridgehead atoms. The van der Waals surface area contributed by atoms with E-state index < -0.39 is 6.10 Å². The molecule has 0 spiro atoms. The van der Waals surface area contributed by atoms with E-state index in [9.17, 15) is 9.59 Å². The minimum atomic E-state index is -0.677. The van der Waals surface area contributed by atoms with Crippen LogP contribution in [0.4, 0.5) is 5.95 Å². The molecule has 9 heteroatoms. The quantitative estimate of drug-likeness (QED) is 0.422. The molecule has 1 atom stereocenters. The second-order valence-electron chi connectivity index (χ2n) is 8.03. The van der Waals surface area contributed by atoms with Crippen LogP contribution in [0.1, 0.15) is 10.4 Å². The first-order valence-corrected chi connectivity index (χ1v) is 10.9. The lowest BCUT2D eigenvalue weighted by Gasteiger charge is -2.33. The van der Waals surface area contributed by atoms with E-state index >= 15 is 0 Å². The molecule has 1 saturated heterocycles. The second-order valence-corrected chi connectivity index (χ2v) is 8.03. The van der Waals surface area contributed by atoms with Gasteiger partial charge >= 0.3 is 0 Å². The van der Waals surface area contributed by atoms with E-state index in [1.807, 2.05) is 35.2 Å². The Morgan fingerprint density at radius 1 is 1.09 bits per heavy atom. The van der Waals surface area contributed by atoms with Gasteiger partial charge in [0, 0.05) is 31.4 Å². The Bertz CT molecular complexity index is 1420. The Balaban J connectivity index is 1.42. The first-order chi connectivity index (χ1) is 16.5. The number of morpholine rings is 1. The summed E-state index contributed by atoms with van der Waals surface area (Å²) in [7, 11) is 3.29. The van der Waals surface area contributed by atoms with E-state index in [1.54, 1.807) is 32.5 Å². The molecule has 0 N–H and O–H groups in total. The lowest BCUT2D eigenvalue weighted by molar-refractivity contribution is 0.0337. The Kier molecular flexibility index (Phi) is 5.77. The number of hydrogen-bond donors (Lipinski definition) is 0. The Morgan fingerprint density at radius 3 is 2.71 bits per heavy atom. The smallest absolute Gasteiger partial charge is 0.255 e. The third kappa shape index (κ3) is 4.13. The summed E-state index contributed by atoms with van der Waals surface area (Å²) >= 11 is 0. The van der Waals surface area contributed by atoms with Gasteiger partial charge in [-0.05, 0) is 35.0 Å². The highest BCUT2D eigenvalue weighted by Gasteiger charge is 2.29. The SMILES string of the molecule is COc1ccc2cc(C(=O)C3CN(c4nc(-c5ccncn5)cc(=O)n4C)CCO3)ccc2c1. The third-order valence-corrected chi connectivity index (χ3v) is 5.93. The van der Waals surface area contributed by atoms with Crippen LogP contribution in [0.3, 0.4) is 0 Å². The molecule has 0 radical (unpaired) electrons. The number of carbonyl (C=O) groups excluding carboxylic acids is 1. The van der Waals surface area contributed by atoms with Crippen LogP contribution < -0.4 is 15.2 Å². The first-order valence-electron chi connectivity index (χ1n) is 10.9. The van der Waals surface area contributed by atoms with Crippen molar-refractivity contribution in [2.24, 2.45) is 7.05 Å². The Morgan fingerprint density at radius 2 is 1.91 bits per heavy atom. The molecule has 0 amide bonds. The number of ether oxygens (including phenoxy) is 2. The molecule has 4 aromatic rings. The Hall–Kier alpha value is -4.11. The number of rotatable bonds is 5. The van der Waals surface area contributed by atoms with Crippen LogP contribution in [-0.4, -0.2) is 58.2 Å². The van der Waals surface area contributed by atoms with E-state index in [0.717, 1.165) is 16.5 Å². The zero-order valence-corrected chi connectivity index (χ0v) is 18.8. The zero-order chi connectivity index (χ0) is 23.7. The molecule has 3 heterocycles. The zero-order valence-electron chi connectivity index (χ0n) is 18.8. The molecule has 1 unspecified atom stereocenters. The molecule has 0 saturated carbocycles. The summed E-state index contributed by atoms with van der Waals surface area (Å²) in [5, 5.41) is 1.93. The average Bonchev–Trinajstić information content (AvgIpc) is 2.89. The maximum absolute atomic E-state index is 13.3. The summed E-state index contributed by atoms with van der Waals surface area (Å²) in [6.45, 7) is 1.14. The number of fused-ring (bicyclic) bond motifs is 1. The number of Topliss-reactive ketones (excluding diaryl/α,β-unsaturated/α-hetero) is 1. The summed E-state index contributed by atoms with van der Waals surface area (Å²) < 4.78 is 12.6. The van der Waals surface area contributed by atoms with E-state index in [0.29, 0.717) is 36.1 Å². The summed E-state index contributed by atoms with van der Waals surface area (Å²) in [5.41, 5.74) is 1.38. The molecule has 0 aliphatic carbocycles. The molecule has 1 aliphatic heterocycles. The molecule has 172 valence electrons. The molecule has 9 nitrogen and oxygen atoms in total. The number of nitrogens with zero attached hydrogens (tertiary/aromatic N) is 5. The van der Waals surface area contributed by atoms with E-state index in [-0.39, 0.29) is 17.9 Å². The van der Waals surface area contributed by atoms with Crippen molar-refractivity contribution in [1.29, 1.82) is 0 Å². The van der Waals surface area contributed by atoms with E-state index in [4.69, 9.17) is 9.47 Å². The minimum absolute atomic E-state index is 0.112. The highest BCUT2D eigenvalue weighted by Crippen LogP contribution is 2.24. The van der Waals surface area contributed by atoms with Gasteiger partial charge in [0.05, 0.1) is 31.6 Å². The number of hydrogen-bond acceptors (Lipinski definition) is 8. The lowest BCUT2D eigenvalue weighted by Crippen LogP contribution is -2.48. The Labute approximate surface area is 195 Å². The molecule has 1 fully saturated rings. The van der Waals surface area contributed by atoms with Gasteiger partial charge in [0.2, 0.25) is 5.95 Å². The number of methoxy groups -OCH3 is 1. The van der Waals surface area contributed by atoms with E-state index in [2.05, 4.69) is 15.0 Å². The van der Waals surface area contributed by atoms with Crippen LogP contribution in [0.2, 0.25) is 0 Å². The van der Waals surface area contributed by atoms with Crippen molar-refractivity contribution in [3.05, 3.63) is 77.0 Å². The van der Waals surface area contributed by atoms with Gasteiger partial charge in [-0.25, -0.2) is 15.0 Å². The topological polar surface area (TPSA) is 99.4 Å². The molecular formula is C25H23N5O4. The van der Waals surface area contributed by atoms with Crippen molar-refractivity contribution >= 4 is 22.5 Å². The van der Waals surface area contributed by atoms with Gasteiger partial charge in [0.1, 0.15) is 18.2 Å². The molecule has 2 aromatic carbocycles. The van der Waals surface area contributed by atoms with Crippen LogP contribution in [0, 0.1) is 0 Å².